The van der Waals surface area contributed by atoms with Crippen LogP contribution >= 0.6 is 12.0 Å². The van der Waals surface area contributed by atoms with Crippen LogP contribution in [0.25, 0.3) is 45.1 Å². The van der Waals surface area contributed by atoms with Crippen LogP contribution in [0.3, 0.4) is 0 Å². The minimum absolute atomic E-state index is 0.499. The van der Waals surface area contributed by atoms with E-state index in [1.54, 1.807) is 0 Å². The fraction of sp³-hybridized carbons (Fsp3) is 0.206. The van der Waals surface area contributed by atoms with Gasteiger partial charge in [0.25, 0.3) is 0 Å². The van der Waals surface area contributed by atoms with Gasteiger partial charge < -0.3 is 18.1 Å². The van der Waals surface area contributed by atoms with Crippen molar-refractivity contribution in [2.24, 2.45) is 14.1 Å². The Balaban J connectivity index is 1.48. The quantitative estimate of drug-likeness (QED) is 0.145. The van der Waals surface area contributed by atoms with Crippen LogP contribution in [0.1, 0.15) is 29.2 Å². The maximum absolute atomic E-state index is 5.68. The first kappa shape index (κ1) is 27.7. The van der Waals surface area contributed by atoms with Crippen LogP contribution in [0.4, 0.5) is 0 Å². The van der Waals surface area contributed by atoms with Gasteiger partial charge in [-0.2, -0.15) is 0 Å². The summed E-state index contributed by atoms with van der Waals surface area (Å²) >= 11 is 1.35. The number of rotatable bonds is 8. The van der Waals surface area contributed by atoms with Crippen LogP contribution < -0.4 is 0 Å². The van der Waals surface area contributed by atoms with Crippen molar-refractivity contribution in [3.63, 3.8) is 0 Å². The first-order valence-electron chi connectivity index (χ1n) is 13.8. The van der Waals surface area contributed by atoms with E-state index in [9.17, 15) is 0 Å². The van der Waals surface area contributed by atoms with E-state index in [2.05, 4.69) is 51.3 Å². The molecular formula is C34H31N5O2S. The number of ether oxygens (including phenoxy) is 1. The number of hydrogen-bond donors (Lipinski definition) is 0. The molecule has 0 aliphatic heterocycles. The molecule has 210 valence electrons. The first-order chi connectivity index (χ1) is 20.5. The highest BCUT2D eigenvalue weighted by atomic mass is 32.2. The number of fused-ring (bicyclic) bond motifs is 2. The highest BCUT2D eigenvalue weighted by Gasteiger charge is 2.17. The molecule has 3 aromatic heterocycles. The molecule has 0 unspecified atom stereocenters. The average Bonchev–Trinajstić information content (AvgIpc) is 3.54. The third-order valence-electron chi connectivity index (χ3n) is 7.08. The fourth-order valence-electron chi connectivity index (χ4n) is 5.07. The maximum atomic E-state index is 5.68. The average molecular weight is 574 g/mol. The summed E-state index contributed by atoms with van der Waals surface area (Å²) in [5.74, 6) is 8.33. The van der Waals surface area contributed by atoms with Crippen molar-refractivity contribution in [3.05, 3.63) is 101 Å². The highest BCUT2D eigenvalue weighted by molar-refractivity contribution is 7.93. The molecule has 0 radical (unpaired) electrons. The SMILES string of the molecule is CCOCc1cc(C#Cc2cc(-c3nc4ccccc4n3C)nc(-c3nc4ccccc4n3C)c2)cc(COSC)c1. The second kappa shape index (κ2) is 12.2. The summed E-state index contributed by atoms with van der Waals surface area (Å²) in [5, 5.41) is 0. The predicted molar refractivity (Wildman–Crippen MR) is 170 cm³/mol. The monoisotopic (exact) mass is 573 g/mol. The molecule has 0 aliphatic carbocycles. The van der Waals surface area contributed by atoms with E-state index < -0.39 is 0 Å². The van der Waals surface area contributed by atoms with Crippen molar-refractivity contribution in [2.75, 3.05) is 12.9 Å². The molecule has 0 atom stereocenters. The van der Waals surface area contributed by atoms with Gasteiger partial charge in [0, 0.05) is 38.1 Å². The molecule has 0 spiro atoms. The van der Waals surface area contributed by atoms with Crippen molar-refractivity contribution >= 4 is 34.1 Å². The van der Waals surface area contributed by atoms with Crippen molar-refractivity contribution < 1.29 is 8.92 Å². The molecule has 42 heavy (non-hydrogen) atoms. The summed E-state index contributed by atoms with van der Waals surface area (Å²) in [5.41, 5.74) is 9.25. The number of pyridine rings is 1. The van der Waals surface area contributed by atoms with E-state index in [-0.39, 0.29) is 0 Å². The van der Waals surface area contributed by atoms with Crippen LogP contribution in [0.5, 0.6) is 0 Å². The Morgan fingerprint density at radius 3 is 1.74 bits per heavy atom. The van der Waals surface area contributed by atoms with Gasteiger partial charge in [0.05, 0.1) is 35.3 Å². The molecule has 0 bridgehead atoms. The number of aromatic nitrogens is 5. The first-order valence-corrected chi connectivity index (χ1v) is 14.9. The highest BCUT2D eigenvalue weighted by Crippen LogP contribution is 2.28. The summed E-state index contributed by atoms with van der Waals surface area (Å²) in [4.78, 5) is 14.9. The molecule has 0 amide bonds. The Labute approximate surface area is 249 Å². The van der Waals surface area contributed by atoms with Gasteiger partial charge in [0.15, 0.2) is 11.6 Å². The Morgan fingerprint density at radius 2 is 1.21 bits per heavy atom. The van der Waals surface area contributed by atoms with Gasteiger partial charge in [-0.3, -0.25) is 0 Å². The van der Waals surface area contributed by atoms with Crippen molar-refractivity contribution in [1.82, 2.24) is 24.1 Å². The summed E-state index contributed by atoms with van der Waals surface area (Å²) in [6.45, 7) is 3.68. The summed E-state index contributed by atoms with van der Waals surface area (Å²) < 4.78 is 15.4. The van der Waals surface area contributed by atoms with E-state index >= 15 is 0 Å². The smallest absolute Gasteiger partial charge is 0.159 e. The standard InChI is InChI=1S/C34H31N5O2S/c1-5-40-21-25-16-23(17-26(18-25)22-41-42-4)14-15-24-19-29(33-36-27-10-6-8-12-31(27)38(33)2)35-30(20-24)34-37-28-11-7-9-13-32(28)39(34)3/h6-13,16-20H,5,21-22H2,1-4H3. The zero-order valence-electron chi connectivity index (χ0n) is 24.1. The Morgan fingerprint density at radius 1 is 0.690 bits per heavy atom. The number of benzene rings is 3. The van der Waals surface area contributed by atoms with E-state index in [0.29, 0.717) is 19.8 Å². The van der Waals surface area contributed by atoms with E-state index in [4.69, 9.17) is 23.9 Å². The molecule has 6 aromatic rings. The Bertz CT molecular complexity index is 1840. The third-order valence-corrected chi connectivity index (χ3v) is 7.43. The van der Waals surface area contributed by atoms with Crippen LogP contribution in [-0.4, -0.2) is 36.9 Å². The molecule has 0 N–H and O–H groups in total. The molecule has 0 fully saturated rings. The maximum Gasteiger partial charge on any atom is 0.159 e. The van der Waals surface area contributed by atoms with Gasteiger partial charge in [-0.1, -0.05) is 42.2 Å². The van der Waals surface area contributed by atoms with Crippen molar-refractivity contribution in [2.45, 2.75) is 20.1 Å². The molecule has 0 saturated carbocycles. The van der Waals surface area contributed by atoms with Gasteiger partial charge in [-0.05, 0) is 78.6 Å². The number of hydrogen-bond acceptors (Lipinski definition) is 6. The van der Waals surface area contributed by atoms with E-state index in [1.165, 1.54) is 12.0 Å². The second-order valence-corrected chi connectivity index (χ2v) is 10.5. The normalized spacial score (nSPS) is 11.2. The molecule has 7 nitrogen and oxygen atoms in total. The minimum Gasteiger partial charge on any atom is -0.377 e. The number of aryl methyl sites for hydroxylation is 2. The lowest BCUT2D eigenvalue weighted by Crippen LogP contribution is -2.00. The predicted octanol–water partition coefficient (Wildman–Crippen LogP) is 6.92. The van der Waals surface area contributed by atoms with Crippen LogP contribution in [0, 0.1) is 11.8 Å². The molecule has 3 aromatic carbocycles. The molecular weight excluding hydrogens is 542 g/mol. The van der Waals surface area contributed by atoms with Crippen molar-refractivity contribution in [1.29, 1.82) is 0 Å². The third kappa shape index (κ3) is 5.68. The number of nitrogens with zero attached hydrogens (tertiary/aromatic N) is 5. The van der Waals surface area contributed by atoms with Crippen LogP contribution in [0.2, 0.25) is 0 Å². The van der Waals surface area contributed by atoms with Gasteiger partial charge in [-0.25, -0.2) is 15.0 Å². The molecule has 0 aliphatic rings. The molecule has 3 heterocycles. The summed E-state index contributed by atoms with van der Waals surface area (Å²) in [6, 6.07) is 26.5. The topological polar surface area (TPSA) is 67.0 Å². The lowest BCUT2D eigenvalue weighted by atomic mass is 10.1. The van der Waals surface area contributed by atoms with Gasteiger partial charge in [0.2, 0.25) is 0 Å². The Hall–Kier alpha value is -4.42. The van der Waals surface area contributed by atoms with E-state index in [1.807, 2.05) is 75.8 Å². The fourth-order valence-corrected chi connectivity index (χ4v) is 5.33. The summed E-state index contributed by atoms with van der Waals surface area (Å²) in [6.07, 6.45) is 1.92. The van der Waals surface area contributed by atoms with Gasteiger partial charge in [0.1, 0.15) is 11.4 Å². The Kier molecular flexibility index (Phi) is 8.06. The van der Waals surface area contributed by atoms with Gasteiger partial charge >= 0.3 is 0 Å². The number of para-hydroxylation sites is 4. The van der Waals surface area contributed by atoms with Gasteiger partial charge in [-0.15, -0.1) is 0 Å². The largest absolute Gasteiger partial charge is 0.377 e. The lowest BCUT2D eigenvalue weighted by molar-refractivity contribution is 0.134. The second-order valence-electron chi connectivity index (χ2n) is 9.95. The van der Waals surface area contributed by atoms with Crippen LogP contribution in [0.15, 0.2) is 78.9 Å². The summed E-state index contributed by atoms with van der Waals surface area (Å²) in [7, 11) is 4.03. The van der Waals surface area contributed by atoms with Crippen molar-refractivity contribution in [3.8, 4) is 34.9 Å². The molecule has 6 rings (SSSR count). The zero-order valence-corrected chi connectivity index (χ0v) is 24.9. The molecule has 0 saturated heterocycles. The van der Waals surface area contributed by atoms with E-state index in [0.717, 1.165) is 67.4 Å². The molecule has 8 heteroatoms. The minimum atomic E-state index is 0.499. The number of imidazole rings is 2. The zero-order chi connectivity index (χ0) is 29.1. The van der Waals surface area contributed by atoms with Crippen LogP contribution in [-0.2, 0) is 36.2 Å². The lowest BCUT2D eigenvalue weighted by Gasteiger charge is -2.08.